The molecule has 0 bridgehead atoms. The van der Waals surface area contributed by atoms with E-state index in [-0.39, 0.29) is 12.5 Å². The predicted octanol–water partition coefficient (Wildman–Crippen LogP) is 2.20. The number of aliphatic carboxylic acids is 1. The van der Waals surface area contributed by atoms with E-state index in [1.165, 1.54) is 0 Å². The maximum atomic E-state index is 10.8. The molecule has 1 aromatic carbocycles. The molecule has 0 amide bonds. The van der Waals surface area contributed by atoms with Gasteiger partial charge in [-0.3, -0.25) is 4.79 Å². The number of carboxylic acid groups (broad SMARTS) is 1. The average Bonchev–Trinajstić information content (AvgIpc) is 2.26. The summed E-state index contributed by atoms with van der Waals surface area (Å²) in [6.45, 7) is 3.69. The standard InChI is InChI=1S/C13H19NO3/c1-13(2,8-11(15)16)12(14)9-6-4-5-7-10(9)17-3/h4-7,12H,8,14H2,1-3H3,(H,15,16). The minimum absolute atomic E-state index is 0.0201. The number of ether oxygens (including phenoxy) is 1. The fraction of sp³-hybridized carbons (Fsp3) is 0.462. The lowest BCUT2D eigenvalue weighted by molar-refractivity contribution is -0.139. The Balaban J connectivity index is 3.02. The number of nitrogens with two attached hydrogens (primary N) is 1. The van der Waals surface area contributed by atoms with Crippen molar-refractivity contribution in [1.82, 2.24) is 0 Å². The van der Waals surface area contributed by atoms with Crippen LogP contribution in [0.25, 0.3) is 0 Å². The predicted molar refractivity (Wildman–Crippen MR) is 66.0 cm³/mol. The lowest BCUT2D eigenvalue weighted by Crippen LogP contribution is -2.31. The molecule has 1 aromatic rings. The van der Waals surface area contributed by atoms with Gasteiger partial charge in [0.1, 0.15) is 5.75 Å². The van der Waals surface area contributed by atoms with Crippen LogP contribution >= 0.6 is 0 Å². The Morgan fingerprint density at radius 1 is 1.47 bits per heavy atom. The first-order valence-electron chi connectivity index (χ1n) is 5.49. The zero-order valence-corrected chi connectivity index (χ0v) is 10.4. The molecular formula is C13H19NO3. The Kier molecular flexibility index (Phi) is 4.12. The zero-order valence-electron chi connectivity index (χ0n) is 10.4. The van der Waals surface area contributed by atoms with E-state index in [2.05, 4.69) is 0 Å². The highest BCUT2D eigenvalue weighted by molar-refractivity contribution is 5.67. The monoisotopic (exact) mass is 237 g/mol. The highest BCUT2D eigenvalue weighted by atomic mass is 16.5. The molecule has 0 heterocycles. The summed E-state index contributed by atoms with van der Waals surface area (Å²) in [5, 5.41) is 8.88. The van der Waals surface area contributed by atoms with Crippen LogP contribution in [0.4, 0.5) is 0 Å². The molecule has 0 aliphatic carbocycles. The zero-order chi connectivity index (χ0) is 13.1. The first-order valence-corrected chi connectivity index (χ1v) is 5.49. The number of hydrogen-bond donors (Lipinski definition) is 2. The van der Waals surface area contributed by atoms with Crippen LogP contribution in [0.5, 0.6) is 5.75 Å². The molecule has 1 rings (SSSR count). The molecule has 94 valence electrons. The van der Waals surface area contributed by atoms with Gasteiger partial charge in [-0.2, -0.15) is 0 Å². The van der Waals surface area contributed by atoms with Gasteiger partial charge >= 0.3 is 5.97 Å². The van der Waals surface area contributed by atoms with Crippen molar-refractivity contribution in [3.05, 3.63) is 29.8 Å². The number of carbonyl (C=O) groups is 1. The van der Waals surface area contributed by atoms with Crippen molar-refractivity contribution in [2.24, 2.45) is 11.1 Å². The fourth-order valence-corrected chi connectivity index (χ4v) is 1.84. The van der Waals surface area contributed by atoms with Crippen LogP contribution in [-0.4, -0.2) is 18.2 Å². The van der Waals surface area contributed by atoms with Gasteiger partial charge in [0.25, 0.3) is 0 Å². The van der Waals surface area contributed by atoms with Crippen molar-refractivity contribution in [2.75, 3.05) is 7.11 Å². The van der Waals surface area contributed by atoms with E-state index in [9.17, 15) is 4.79 Å². The van der Waals surface area contributed by atoms with Crippen molar-refractivity contribution >= 4 is 5.97 Å². The average molecular weight is 237 g/mol. The molecule has 17 heavy (non-hydrogen) atoms. The lowest BCUT2D eigenvalue weighted by atomic mass is 9.78. The topological polar surface area (TPSA) is 72.5 Å². The van der Waals surface area contributed by atoms with Gasteiger partial charge in [-0.1, -0.05) is 32.0 Å². The SMILES string of the molecule is COc1ccccc1C(N)C(C)(C)CC(=O)O. The van der Waals surface area contributed by atoms with Crippen LogP contribution in [0.1, 0.15) is 31.9 Å². The van der Waals surface area contributed by atoms with Crippen LogP contribution < -0.4 is 10.5 Å². The van der Waals surface area contributed by atoms with E-state index in [0.717, 1.165) is 5.56 Å². The molecule has 1 unspecified atom stereocenters. The highest BCUT2D eigenvalue weighted by Gasteiger charge is 2.31. The van der Waals surface area contributed by atoms with Gasteiger partial charge < -0.3 is 15.6 Å². The smallest absolute Gasteiger partial charge is 0.303 e. The van der Waals surface area contributed by atoms with E-state index in [1.807, 2.05) is 38.1 Å². The molecule has 0 spiro atoms. The third-order valence-electron chi connectivity index (χ3n) is 2.92. The summed E-state index contributed by atoms with van der Waals surface area (Å²) < 4.78 is 5.24. The van der Waals surface area contributed by atoms with Crippen LogP contribution in [0, 0.1) is 5.41 Å². The summed E-state index contributed by atoms with van der Waals surface area (Å²) in [7, 11) is 1.58. The van der Waals surface area contributed by atoms with Crippen molar-refractivity contribution < 1.29 is 14.6 Å². The number of benzene rings is 1. The van der Waals surface area contributed by atoms with E-state index in [4.69, 9.17) is 15.6 Å². The molecule has 0 saturated heterocycles. The number of hydrogen-bond acceptors (Lipinski definition) is 3. The second kappa shape index (κ2) is 5.19. The van der Waals surface area contributed by atoms with Gasteiger partial charge in [0.05, 0.1) is 13.5 Å². The van der Waals surface area contributed by atoms with Gasteiger partial charge in [0.15, 0.2) is 0 Å². The Labute approximate surface area is 101 Å². The van der Waals surface area contributed by atoms with E-state index >= 15 is 0 Å². The van der Waals surface area contributed by atoms with Crippen LogP contribution in [0.2, 0.25) is 0 Å². The summed E-state index contributed by atoms with van der Waals surface area (Å²) in [4.78, 5) is 10.8. The van der Waals surface area contributed by atoms with Crippen molar-refractivity contribution in [3.8, 4) is 5.75 Å². The molecular weight excluding hydrogens is 218 g/mol. The second-order valence-corrected chi connectivity index (χ2v) is 4.78. The van der Waals surface area contributed by atoms with Crippen molar-refractivity contribution in [2.45, 2.75) is 26.3 Å². The lowest BCUT2D eigenvalue weighted by Gasteiger charge is -2.31. The van der Waals surface area contributed by atoms with Crippen LogP contribution in [-0.2, 0) is 4.79 Å². The van der Waals surface area contributed by atoms with E-state index in [0.29, 0.717) is 5.75 Å². The summed E-state index contributed by atoms with van der Waals surface area (Å²) in [6, 6.07) is 7.04. The third-order valence-corrected chi connectivity index (χ3v) is 2.92. The Morgan fingerprint density at radius 3 is 2.59 bits per heavy atom. The third kappa shape index (κ3) is 3.20. The van der Waals surface area contributed by atoms with Gasteiger partial charge in [0, 0.05) is 11.6 Å². The summed E-state index contributed by atoms with van der Waals surface area (Å²) in [6.07, 6.45) is 0.0201. The molecule has 1 atom stereocenters. The van der Waals surface area contributed by atoms with Crippen LogP contribution in [0.15, 0.2) is 24.3 Å². The van der Waals surface area contributed by atoms with Crippen LogP contribution in [0.3, 0.4) is 0 Å². The molecule has 0 aliphatic rings. The second-order valence-electron chi connectivity index (χ2n) is 4.78. The first-order chi connectivity index (χ1) is 7.88. The number of para-hydroxylation sites is 1. The van der Waals surface area contributed by atoms with Gasteiger partial charge in [-0.25, -0.2) is 0 Å². The van der Waals surface area contributed by atoms with Gasteiger partial charge in [-0.05, 0) is 11.5 Å². The number of rotatable bonds is 5. The molecule has 4 nitrogen and oxygen atoms in total. The fourth-order valence-electron chi connectivity index (χ4n) is 1.84. The summed E-state index contributed by atoms with van der Waals surface area (Å²) in [5.74, 6) is -0.154. The summed E-state index contributed by atoms with van der Waals surface area (Å²) >= 11 is 0. The Bertz CT molecular complexity index is 401. The van der Waals surface area contributed by atoms with E-state index < -0.39 is 11.4 Å². The van der Waals surface area contributed by atoms with Gasteiger partial charge in [-0.15, -0.1) is 0 Å². The quantitative estimate of drug-likeness (QED) is 0.823. The maximum absolute atomic E-state index is 10.8. The Morgan fingerprint density at radius 2 is 2.06 bits per heavy atom. The van der Waals surface area contributed by atoms with Gasteiger partial charge in [0.2, 0.25) is 0 Å². The molecule has 3 N–H and O–H groups in total. The molecule has 0 aliphatic heterocycles. The normalized spacial score (nSPS) is 13.2. The maximum Gasteiger partial charge on any atom is 0.303 e. The molecule has 0 radical (unpaired) electrons. The molecule has 0 fully saturated rings. The number of carboxylic acids is 1. The first kappa shape index (κ1) is 13.5. The number of methoxy groups -OCH3 is 1. The summed E-state index contributed by atoms with van der Waals surface area (Å²) in [5.41, 5.74) is 6.46. The Hall–Kier alpha value is -1.55. The minimum atomic E-state index is -0.847. The molecule has 0 saturated carbocycles. The highest BCUT2D eigenvalue weighted by Crippen LogP contribution is 2.38. The minimum Gasteiger partial charge on any atom is -0.496 e. The van der Waals surface area contributed by atoms with Crippen molar-refractivity contribution in [3.63, 3.8) is 0 Å². The van der Waals surface area contributed by atoms with Crippen molar-refractivity contribution in [1.29, 1.82) is 0 Å². The molecule has 0 aromatic heterocycles. The largest absolute Gasteiger partial charge is 0.496 e. The molecule has 4 heteroatoms. The van der Waals surface area contributed by atoms with E-state index in [1.54, 1.807) is 7.11 Å².